The van der Waals surface area contributed by atoms with Crippen molar-refractivity contribution in [2.24, 2.45) is 13.0 Å². The monoisotopic (exact) mass is 965 g/mol. The fourth-order valence-corrected chi connectivity index (χ4v) is 9.56. The smallest absolute Gasteiger partial charge is 0.304 e. The molecular formula is C52H61Cl2N7O7. The van der Waals surface area contributed by atoms with Crippen molar-refractivity contribution >= 4 is 46.9 Å². The third kappa shape index (κ3) is 12.3. The van der Waals surface area contributed by atoms with Crippen LogP contribution in [0.25, 0.3) is 11.3 Å². The topological polar surface area (TPSA) is 159 Å². The Bertz CT molecular complexity index is 2570. The van der Waals surface area contributed by atoms with E-state index in [9.17, 15) is 24.3 Å². The van der Waals surface area contributed by atoms with Crippen molar-refractivity contribution in [3.05, 3.63) is 136 Å². The molecule has 4 atom stereocenters. The van der Waals surface area contributed by atoms with Crippen LogP contribution in [-0.2, 0) is 56.9 Å². The lowest BCUT2D eigenvalue weighted by Crippen LogP contribution is -2.65. The van der Waals surface area contributed by atoms with Gasteiger partial charge in [0, 0.05) is 47.9 Å². The number of nitrogens with one attached hydrogen (secondary N) is 2. The van der Waals surface area contributed by atoms with E-state index < -0.39 is 41.1 Å². The van der Waals surface area contributed by atoms with E-state index in [2.05, 4.69) is 25.1 Å². The fraction of sp³-hybridized carbons (Fsp3) is 0.404. The zero-order valence-corrected chi connectivity index (χ0v) is 41.0. The Kier molecular flexibility index (Phi) is 16.0. The zero-order valence-electron chi connectivity index (χ0n) is 39.5. The van der Waals surface area contributed by atoms with Gasteiger partial charge in [0.05, 0.1) is 49.0 Å². The molecule has 0 bridgehead atoms. The molecule has 2 aliphatic rings. The molecule has 0 spiro atoms. The van der Waals surface area contributed by atoms with Crippen LogP contribution in [0.5, 0.6) is 11.5 Å². The van der Waals surface area contributed by atoms with Crippen LogP contribution in [0, 0.1) is 5.92 Å². The lowest BCUT2D eigenvalue weighted by Gasteiger charge is -2.45. The average Bonchev–Trinajstić information content (AvgIpc) is 3.83. The summed E-state index contributed by atoms with van der Waals surface area (Å²) in [4.78, 5) is 65.5. The summed E-state index contributed by atoms with van der Waals surface area (Å²) in [5.41, 5.74) is 2.42. The van der Waals surface area contributed by atoms with Gasteiger partial charge in [-0.1, -0.05) is 71.7 Å². The summed E-state index contributed by atoms with van der Waals surface area (Å²) in [5.74, 6) is -0.815. The van der Waals surface area contributed by atoms with Gasteiger partial charge in [0.15, 0.2) is 0 Å². The van der Waals surface area contributed by atoms with Crippen LogP contribution in [0.2, 0.25) is 10.0 Å². The van der Waals surface area contributed by atoms with Crippen molar-refractivity contribution in [2.45, 2.75) is 89.3 Å². The van der Waals surface area contributed by atoms with Gasteiger partial charge in [0.25, 0.3) is 0 Å². The highest BCUT2D eigenvalue weighted by molar-refractivity contribution is 6.31. The number of imidazole rings is 1. The predicted octanol–water partition coefficient (Wildman–Crippen LogP) is 7.74. The predicted molar refractivity (Wildman–Crippen MR) is 262 cm³/mol. The molecule has 14 nitrogen and oxygen atoms in total. The average molecular weight is 967 g/mol. The molecule has 5 aromatic rings. The van der Waals surface area contributed by atoms with Crippen LogP contribution >= 0.6 is 23.2 Å². The Labute approximate surface area is 408 Å². The standard InChI is InChI=1S/C52H61Cl2N7O7/c1-34(55-29-38-15-20-41(54)27-45(38)68-42-21-16-37(17-22-42)43-30-56-46(59(43)6)31-58(4)5)49(65)61-44(32-67-51(61,2)3)48(64)57-52(28-36-13-18-40(53)19-14-36)23-10-24-60(33-52)50(66)39(26-47(62)63)25-35-11-8-7-9-12-35/h7-9,11-22,27,30,34,39,44,55H,10,23-26,28-29,31-33H2,1-6H3,(H,57,64)(H,62,63)/t34-,39?,44-,52+/m0/s1. The Morgan fingerprint density at radius 1 is 0.941 bits per heavy atom. The fourth-order valence-electron chi connectivity index (χ4n) is 9.27. The summed E-state index contributed by atoms with van der Waals surface area (Å²) in [6.45, 7) is 6.75. The first kappa shape index (κ1) is 50.1. The number of carboxylic acids is 1. The van der Waals surface area contributed by atoms with Gasteiger partial charge in [-0.15, -0.1) is 0 Å². The number of piperidine rings is 1. The molecule has 2 fully saturated rings. The number of likely N-dealkylation sites (tertiary alicyclic amines) is 1. The molecule has 7 rings (SSSR count). The van der Waals surface area contributed by atoms with Crippen molar-refractivity contribution < 1.29 is 33.8 Å². The molecule has 3 N–H and O–H groups in total. The number of amides is 3. The number of benzene rings is 4. The van der Waals surface area contributed by atoms with Crippen LogP contribution in [0.1, 0.15) is 62.5 Å². The van der Waals surface area contributed by atoms with Gasteiger partial charge in [-0.25, -0.2) is 4.98 Å². The minimum absolute atomic E-state index is 0.0411. The molecule has 0 aliphatic carbocycles. The van der Waals surface area contributed by atoms with E-state index in [1.165, 1.54) is 4.90 Å². The van der Waals surface area contributed by atoms with Crippen molar-refractivity contribution in [1.82, 2.24) is 34.9 Å². The van der Waals surface area contributed by atoms with Crippen molar-refractivity contribution in [3.8, 4) is 22.8 Å². The van der Waals surface area contributed by atoms with E-state index in [0.717, 1.165) is 40.3 Å². The number of hydrogen-bond acceptors (Lipinski definition) is 9. The van der Waals surface area contributed by atoms with Gasteiger partial charge in [0.2, 0.25) is 17.7 Å². The maximum absolute atomic E-state index is 14.7. The second-order valence-corrected chi connectivity index (χ2v) is 19.6. The second-order valence-electron chi connectivity index (χ2n) is 18.7. The SMILES string of the molecule is C[C@H](NCc1ccc(Cl)cc1Oc1ccc(-c2cnc(CN(C)C)n2C)cc1)C(=O)N1[C@H](C(=O)N[C@@]2(Cc3ccc(Cl)cc3)CCCN(C(=O)C(CC(=O)O)Cc3ccccc3)C2)COC1(C)C. The molecule has 0 radical (unpaired) electrons. The quantitative estimate of drug-likeness (QED) is 0.0794. The van der Waals surface area contributed by atoms with E-state index in [4.69, 9.17) is 32.7 Å². The molecule has 68 heavy (non-hydrogen) atoms. The number of aromatic nitrogens is 2. The van der Waals surface area contributed by atoms with E-state index in [0.29, 0.717) is 47.4 Å². The number of rotatable bonds is 18. The Morgan fingerprint density at radius 3 is 2.34 bits per heavy atom. The molecule has 0 saturated carbocycles. The number of nitrogens with zero attached hydrogens (tertiary/aromatic N) is 5. The first-order valence-corrected chi connectivity index (χ1v) is 23.7. The normalized spacial score (nSPS) is 18.9. The lowest BCUT2D eigenvalue weighted by atomic mass is 9.81. The van der Waals surface area contributed by atoms with Gasteiger partial charge in [-0.3, -0.25) is 24.1 Å². The van der Waals surface area contributed by atoms with Gasteiger partial charge in [-0.2, -0.15) is 0 Å². The van der Waals surface area contributed by atoms with Gasteiger partial charge < -0.3 is 39.6 Å². The number of carboxylic acid groups (broad SMARTS) is 1. The number of carbonyl (C=O) groups excluding carboxylic acids is 3. The number of halogens is 2. The van der Waals surface area contributed by atoms with E-state index >= 15 is 0 Å². The van der Waals surface area contributed by atoms with E-state index in [-0.39, 0.29) is 44.4 Å². The van der Waals surface area contributed by atoms with Gasteiger partial charge in [0.1, 0.15) is 29.1 Å². The first-order valence-electron chi connectivity index (χ1n) is 22.9. The maximum atomic E-state index is 14.7. The largest absolute Gasteiger partial charge is 0.481 e. The number of hydrogen-bond donors (Lipinski definition) is 3. The highest BCUT2D eigenvalue weighted by atomic mass is 35.5. The molecule has 3 amide bonds. The van der Waals surface area contributed by atoms with Gasteiger partial charge >= 0.3 is 5.97 Å². The van der Waals surface area contributed by atoms with E-state index in [1.807, 2.05) is 100 Å². The highest BCUT2D eigenvalue weighted by Crippen LogP contribution is 2.34. The first-order chi connectivity index (χ1) is 32.4. The molecule has 4 aromatic carbocycles. The second kappa shape index (κ2) is 21.7. The van der Waals surface area contributed by atoms with Crippen LogP contribution in [-0.4, -0.2) is 110 Å². The summed E-state index contributed by atoms with van der Waals surface area (Å²) in [6, 6.07) is 28.1. The summed E-state index contributed by atoms with van der Waals surface area (Å²) >= 11 is 12.7. The Hall–Kier alpha value is -5.77. The molecule has 2 aliphatic heterocycles. The Morgan fingerprint density at radius 2 is 1.65 bits per heavy atom. The highest BCUT2D eigenvalue weighted by Gasteiger charge is 2.50. The molecule has 16 heteroatoms. The lowest BCUT2D eigenvalue weighted by molar-refractivity contribution is -0.152. The number of carbonyl (C=O) groups is 4. The Balaban J connectivity index is 1.06. The molecule has 1 unspecified atom stereocenters. The van der Waals surface area contributed by atoms with Crippen LogP contribution in [0.15, 0.2) is 103 Å². The summed E-state index contributed by atoms with van der Waals surface area (Å²) < 4.78 is 14.6. The van der Waals surface area contributed by atoms with Gasteiger partial charge in [-0.05, 0) is 120 Å². The third-order valence-electron chi connectivity index (χ3n) is 12.8. The summed E-state index contributed by atoms with van der Waals surface area (Å²) in [6.07, 6.45) is 3.27. The minimum Gasteiger partial charge on any atom is -0.481 e. The van der Waals surface area contributed by atoms with Crippen LogP contribution in [0.3, 0.4) is 0 Å². The van der Waals surface area contributed by atoms with E-state index in [1.54, 1.807) is 49.9 Å². The summed E-state index contributed by atoms with van der Waals surface area (Å²) in [5, 5.41) is 17.6. The molecule has 360 valence electrons. The molecule has 2 saturated heterocycles. The minimum atomic E-state index is -1.13. The molecule has 1 aromatic heterocycles. The maximum Gasteiger partial charge on any atom is 0.304 e. The number of aliphatic carboxylic acids is 1. The summed E-state index contributed by atoms with van der Waals surface area (Å²) in [7, 11) is 6.02. The van der Waals surface area contributed by atoms with Crippen molar-refractivity contribution in [3.63, 3.8) is 0 Å². The number of ether oxygens (including phenoxy) is 2. The molecular weight excluding hydrogens is 906 g/mol. The molecule has 3 heterocycles. The van der Waals surface area contributed by atoms with Crippen molar-refractivity contribution in [1.29, 1.82) is 0 Å². The third-order valence-corrected chi connectivity index (χ3v) is 13.3. The zero-order chi connectivity index (χ0) is 48.8. The van der Waals surface area contributed by atoms with Crippen LogP contribution in [0.4, 0.5) is 0 Å². The van der Waals surface area contributed by atoms with Crippen LogP contribution < -0.4 is 15.4 Å². The van der Waals surface area contributed by atoms with Crippen molar-refractivity contribution in [2.75, 3.05) is 33.8 Å².